The van der Waals surface area contributed by atoms with Crippen LogP contribution in [-0.2, 0) is 0 Å². The van der Waals surface area contributed by atoms with Gasteiger partial charge in [-0.3, -0.25) is 0 Å². The Morgan fingerprint density at radius 1 is 1.07 bits per heavy atom. The number of rotatable bonds is 5. The Hall–Kier alpha value is -0.0400. The fraction of sp³-hybridized carbons (Fsp3) is 1.00. The standard InChI is InChI=1S/C13H25N/c1-11-4-2-3-5-13(11)10-14-9-8-12-6-7-12/h11-14H,2-10H2,1H3. The molecule has 2 atom stereocenters. The van der Waals surface area contributed by atoms with Crippen LogP contribution in [0, 0.1) is 17.8 Å². The van der Waals surface area contributed by atoms with Crippen molar-refractivity contribution >= 4 is 0 Å². The monoisotopic (exact) mass is 195 g/mol. The zero-order valence-corrected chi connectivity index (χ0v) is 9.60. The van der Waals surface area contributed by atoms with Crippen LogP contribution in [0.3, 0.4) is 0 Å². The number of hydrogen-bond acceptors (Lipinski definition) is 1. The molecule has 2 unspecified atom stereocenters. The van der Waals surface area contributed by atoms with Gasteiger partial charge < -0.3 is 5.32 Å². The van der Waals surface area contributed by atoms with E-state index in [1.165, 1.54) is 58.0 Å². The molecule has 2 aliphatic carbocycles. The summed E-state index contributed by atoms with van der Waals surface area (Å²) in [5.74, 6) is 3.03. The SMILES string of the molecule is CC1CCCCC1CNCCC1CC1. The molecule has 2 aliphatic rings. The molecule has 2 rings (SSSR count). The lowest BCUT2D eigenvalue weighted by Crippen LogP contribution is -2.30. The van der Waals surface area contributed by atoms with Crippen LogP contribution in [0.25, 0.3) is 0 Å². The molecule has 0 aromatic heterocycles. The zero-order valence-electron chi connectivity index (χ0n) is 9.60. The minimum absolute atomic E-state index is 0.970. The average molecular weight is 195 g/mol. The van der Waals surface area contributed by atoms with E-state index < -0.39 is 0 Å². The molecule has 1 N–H and O–H groups in total. The third kappa shape index (κ3) is 3.27. The third-order valence-corrected chi connectivity index (χ3v) is 4.12. The van der Waals surface area contributed by atoms with Crippen LogP contribution >= 0.6 is 0 Å². The topological polar surface area (TPSA) is 12.0 Å². The Labute approximate surface area is 88.7 Å². The van der Waals surface area contributed by atoms with Gasteiger partial charge in [-0.1, -0.05) is 39.0 Å². The molecule has 0 aromatic carbocycles. The lowest BCUT2D eigenvalue weighted by Gasteiger charge is -2.28. The van der Waals surface area contributed by atoms with Crippen molar-refractivity contribution in [2.45, 2.75) is 51.9 Å². The van der Waals surface area contributed by atoms with Crippen LogP contribution in [-0.4, -0.2) is 13.1 Å². The van der Waals surface area contributed by atoms with Gasteiger partial charge in [0.05, 0.1) is 0 Å². The van der Waals surface area contributed by atoms with Gasteiger partial charge in [0, 0.05) is 0 Å². The van der Waals surface area contributed by atoms with E-state index in [2.05, 4.69) is 12.2 Å². The second-order valence-electron chi connectivity index (χ2n) is 5.46. The van der Waals surface area contributed by atoms with Crippen molar-refractivity contribution in [1.29, 1.82) is 0 Å². The lowest BCUT2D eigenvalue weighted by atomic mass is 9.80. The Kier molecular flexibility index (Phi) is 3.86. The highest BCUT2D eigenvalue weighted by atomic mass is 14.9. The molecule has 82 valence electrons. The highest BCUT2D eigenvalue weighted by Crippen LogP contribution is 2.32. The van der Waals surface area contributed by atoms with Crippen molar-refractivity contribution in [3.63, 3.8) is 0 Å². The van der Waals surface area contributed by atoms with E-state index in [4.69, 9.17) is 0 Å². The van der Waals surface area contributed by atoms with Crippen molar-refractivity contribution < 1.29 is 0 Å². The Balaban J connectivity index is 1.53. The second-order valence-corrected chi connectivity index (χ2v) is 5.46. The lowest BCUT2D eigenvalue weighted by molar-refractivity contribution is 0.248. The minimum Gasteiger partial charge on any atom is -0.316 e. The maximum Gasteiger partial charge on any atom is -0.00180 e. The Morgan fingerprint density at radius 3 is 2.57 bits per heavy atom. The molecule has 14 heavy (non-hydrogen) atoms. The van der Waals surface area contributed by atoms with E-state index in [0.29, 0.717) is 0 Å². The quantitative estimate of drug-likeness (QED) is 0.664. The third-order valence-electron chi connectivity index (χ3n) is 4.12. The first-order chi connectivity index (χ1) is 6.86. The van der Waals surface area contributed by atoms with Gasteiger partial charge in [-0.05, 0) is 43.7 Å². The van der Waals surface area contributed by atoms with Gasteiger partial charge in [0.25, 0.3) is 0 Å². The fourth-order valence-corrected chi connectivity index (χ4v) is 2.70. The van der Waals surface area contributed by atoms with Crippen LogP contribution in [0.1, 0.15) is 51.9 Å². The maximum atomic E-state index is 3.66. The maximum absolute atomic E-state index is 3.66. The molecule has 0 aromatic rings. The van der Waals surface area contributed by atoms with Gasteiger partial charge in [0.15, 0.2) is 0 Å². The van der Waals surface area contributed by atoms with Crippen LogP contribution in [0.4, 0.5) is 0 Å². The van der Waals surface area contributed by atoms with E-state index in [9.17, 15) is 0 Å². The van der Waals surface area contributed by atoms with Crippen molar-refractivity contribution in [1.82, 2.24) is 5.32 Å². The van der Waals surface area contributed by atoms with E-state index in [1.54, 1.807) is 0 Å². The molecule has 0 heterocycles. The van der Waals surface area contributed by atoms with Gasteiger partial charge in [0.1, 0.15) is 0 Å². The number of nitrogens with one attached hydrogen (secondary N) is 1. The summed E-state index contributed by atoms with van der Waals surface area (Å²) in [6, 6.07) is 0. The van der Waals surface area contributed by atoms with Crippen molar-refractivity contribution in [3.8, 4) is 0 Å². The smallest absolute Gasteiger partial charge is 0.00180 e. The summed E-state index contributed by atoms with van der Waals surface area (Å²) in [6.07, 6.45) is 10.3. The summed E-state index contributed by atoms with van der Waals surface area (Å²) in [5, 5.41) is 3.66. The molecular formula is C13H25N. The molecule has 1 nitrogen and oxygen atoms in total. The van der Waals surface area contributed by atoms with Crippen molar-refractivity contribution in [2.75, 3.05) is 13.1 Å². The zero-order chi connectivity index (χ0) is 9.80. The summed E-state index contributed by atoms with van der Waals surface area (Å²) in [5.41, 5.74) is 0. The molecule has 0 radical (unpaired) electrons. The van der Waals surface area contributed by atoms with Crippen molar-refractivity contribution in [3.05, 3.63) is 0 Å². The van der Waals surface area contributed by atoms with Crippen LogP contribution in [0.5, 0.6) is 0 Å². The number of hydrogen-bond donors (Lipinski definition) is 1. The summed E-state index contributed by atoms with van der Waals surface area (Å²) in [7, 11) is 0. The van der Waals surface area contributed by atoms with E-state index in [0.717, 1.165) is 17.8 Å². The summed E-state index contributed by atoms with van der Waals surface area (Å²) in [4.78, 5) is 0. The van der Waals surface area contributed by atoms with Gasteiger partial charge >= 0.3 is 0 Å². The van der Waals surface area contributed by atoms with E-state index in [-0.39, 0.29) is 0 Å². The first kappa shape index (κ1) is 10.5. The van der Waals surface area contributed by atoms with Gasteiger partial charge in [-0.2, -0.15) is 0 Å². The first-order valence-electron chi connectivity index (χ1n) is 6.57. The van der Waals surface area contributed by atoms with E-state index >= 15 is 0 Å². The van der Waals surface area contributed by atoms with Gasteiger partial charge in [-0.15, -0.1) is 0 Å². The molecule has 2 fully saturated rings. The van der Waals surface area contributed by atoms with E-state index in [1.807, 2.05) is 0 Å². The summed E-state index contributed by atoms with van der Waals surface area (Å²) < 4.78 is 0. The average Bonchev–Trinajstić information content (AvgIpc) is 2.99. The van der Waals surface area contributed by atoms with Crippen LogP contribution in [0.15, 0.2) is 0 Å². The largest absolute Gasteiger partial charge is 0.316 e. The predicted octanol–water partition coefficient (Wildman–Crippen LogP) is 3.20. The molecule has 2 saturated carbocycles. The normalized spacial score (nSPS) is 33.2. The fourth-order valence-electron chi connectivity index (χ4n) is 2.70. The van der Waals surface area contributed by atoms with Gasteiger partial charge in [-0.25, -0.2) is 0 Å². The molecule has 0 aliphatic heterocycles. The summed E-state index contributed by atoms with van der Waals surface area (Å²) >= 11 is 0. The molecule has 0 spiro atoms. The Bertz CT molecular complexity index is 163. The summed E-state index contributed by atoms with van der Waals surface area (Å²) in [6.45, 7) is 4.99. The predicted molar refractivity (Wildman–Crippen MR) is 61.3 cm³/mol. The van der Waals surface area contributed by atoms with Gasteiger partial charge in [0.2, 0.25) is 0 Å². The van der Waals surface area contributed by atoms with Crippen molar-refractivity contribution in [2.24, 2.45) is 17.8 Å². The van der Waals surface area contributed by atoms with Crippen LogP contribution in [0.2, 0.25) is 0 Å². The van der Waals surface area contributed by atoms with Crippen LogP contribution < -0.4 is 5.32 Å². The second kappa shape index (κ2) is 5.16. The highest BCUT2D eigenvalue weighted by Gasteiger charge is 2.22. The molecular weight excluding hydrogens is 170 g/mol. The molecule has 1 heteroatoms. The first-order valence-corrected chi connectivity index (χ1v) is 6.57. The minimum atomic E-state index is 0.970. The molecule has 0 bridgehead atoms. The highest BCUT2D eigenvalue weighted by molar-refractivity contribution is 4.76. The molecule has 0 saturated heterocycles. The molecule has 0 amide bonds. The Morgan fingerprint density at radius 2 is 1.86 bits per heavy atom.